The van der Waals surface area contributed by atoms with Gasteiger partial charge in [0.15, 0.2) is 5.78 Å². The van der Waals surface area contributed by atoms with E-state index in [4.69, 9.17) is 0 Å². The molecule has 4 nitrogen and oxygen atoms in total. The Labute approximate surface area is 149 Å². The lowest BCUT2D eigenvalue weighted by Crippen LogP contribution is -2.17. The van der Waals surface area contributed by atoms with Crippen LogP contribution in [0.4, 0.5) is 5.69 Å². The number of amides is 1. The van der Waals surface area contributed by atoms with Gasteiger partial charge in [-0.05, 0) is 30.2 Å². The van der Waals surface area contributed by atoms with E-state index in [1.54, 1.807) is 0 Å². The van der Waals surface area contributed by atoms with E-state index in [0.717, 1.165) is 24.2 Å². The molecule has 0 saturated heterocycles. The Kier molecular flexibility index (Phi) is 7.36. The molecule has 2 aromatic rings. The van der Waals surface area contributed by atoms with Gasteiger partial charge in [-0.1, -0.05) is 56.3 Å². The summed E-state index contributed by atoms with van der Waals surface area (Å²) in [5.41, 5.74) is 3.71. The molecule has 1 amide bonds. The van der Waals surface area contributed by atoms with Crippen molar-refractivity contribution < 1.29 is 9.59 Å². The van der Waals surface area contributed by atoms with Gasteiger partial charge in [0.25, 0.3) is 0 Å². The number of rotatable bonds is 9. The van der Waals surface area contributed by atoms with E-state index in [1.807, 2.05) is 55.5 Å². The quantitative estimate of drug-likeness (QED) is 0.680. The summed E-state index contributed by atoms with van der Waals surface area (Å²) in [6.07, 6.45) is 1.35. The Morgan fingerprint density at radius 2 is 1.64 bits per heavy atom. The molecule has 25 heavy (non-hydrogen) atoms. The fourth-order valence-electron chi connectivity index (χ4n) is 2.57. The predicted octanol–water partition coefficient (Wildman–Crippen LogP) is 3.96. The van der Waals surface area contributed by atoms with Crippen LogP contribution in [0.1, 0.15) is 48.2 Å². The van der Waals surface area contributed by atoms with Crippen LogP contribution < -0.4 is 10.6 Å². The van der Waals surface area contributed by atoms with Crippen LogP contribution in [0.25, 0.3) is 0 Å². The zero-order valence-electron chi connectivity index (χ0n) is 15.0. The van der Waals surface area contributed by atoms with Crippen molar-refractivity contribution in [2.24, 2.45) is 0 Å². The summed E-state index contributed by atoms with van der Waals surface area (Å²) in [5, 5.41) is 6.17. The SMILES string of the molecule is CCNCc1ccccc1NC(=O)CCC(=O)c1ccc(CC)cc1. The summed E-state index contributed by atoms with van der Waals surface area (Å²) in [5.74, 6) is -0.138. The summed E-state index contributed by atoms with van der Waals surface area (Å²) in [6.45, 7) is 5.69. The van der Waals surface area contributed by atoms with Crippen molar-refractivity contribution >= 4 is 17.4 Å². The zero-order chi connectivity index (χ0) is 18.1. The van der Waals surface area contributed by atoms with Crippen molar-refractivity contribution in [3.05, 3.63) is 65.2 Å². The van der Waals surface area contributed by atoms with Gasteiger partial charge in [0.2, 0.25) is 5.91 Å². The number of benzene rings is 2. The first-order chi connectivity index (χ1) is 12.1. The van der Waals surface area contributed by atoms with Gasteiger partial charge in [-0.25, -0.2) is 0 Å². The van der Waals surface area contributed by atoms with Gasteiger partial charge in [-0.3, -0.25) is 9.59 Å². The molecule has 0 saturated carbocycles. The molecule has 0 bridgehead atoms. The lowest BCUT2D eigenvalue weighted by atomic mass is 10.0. The summed E-state index contributed by atoms with van der Waals surface area (Å²) in [4.78, 5) is 24.4. The third kappa shape index (κ3) is 5.84. The molecule has 0 radical (unpaired) electrons. The molecule has 2 rings (SSSR count). The third-order valence-electron chi connectivity index (χ3n) is 4.12. The Hall–Kier alpha value is -2.46. The Morgan fingerprint density at radius 1 is 0.920 bits per heavy atom. The molecule has 0 aliphatic rings. The molecule has 0 aliphatic heterocycles. The number of anilines is 1. The lowest BCUT2D eigenvalue weighted by molar-refractivity contribution is -0.116. The minimum absolute atomic E-state index is 0.00117. The van der Waals surface area contributed by atoms with Crippen LogP contribution in [0.3, 0.4) is 0 Å². The van der Waals surface area contributed by atoms with Gasteiger partial charge in [0.05, 0.1) is 0 Å². The topological polar surface area (TPSA) is 58.2 Å². The first kappa shape index (κ1) is 18.9. The van der Waals surface area contributed by atoms with Crippen molar-refractivity contribution in [2.45, 2.75) is 39.7 Å². The minimum atomic E-state index is -0.137. The van der Waals surface area contributed by atoms with Crippen LogP contribution in [0.2, 0.25) is 0 Å². The second-order valence-corrected chi connectivity index (χ2v) is 5.96. The molecule has 0 aromatic heterocycles. The van der Waals surface area contributed by atoms with Gasteiger partial charge in [-0.2, -0.15) is 0 Å². The average molecular weight is 338 g/mol. The van der Waals surface area contributed by atoms with Gasteiger partial charge in [0, 0.05) is 30.6 Å². The van der Waals surface area contributed by atoms with Gasteiger partial charge in [0.1, 0.15) is 0 Å². The van der Waals surface area contributed by atoms with Crippen molar-refractivity contribution in [1.29, 1.82) is 0 Å². The average Bonchev–Trinajstić information content (AvgIpc) is 2.65. The van der Waals surface area contributed by atoms with Crippen molar-refractivity contribution in [2.75, 3.05) is 11.9 Å². The van der Waals surface area contributed by atoms with E-state index < -0.39 is 0 Å². The molecule has 2 aromatic carbocycles. The lowest BCUT2D eigenvalue weighted by Gasteiger charge is -2.11. The molecule has 4 heteroatoms. The summed E-state index contributed by atoms with van der Waals surface area (Å²) < 4.78 is 0. The van der Waals surface area contributed by atoms with Gasteiger partial charge < -0.3 is 10.6 Å². The highest BCUT2D eigenvalue weighted by molar-refractivity contribution is 6.00. The maximum absolute atomic E-state index is 12.2. The highest BCUT2D eigenvalue weighted by Crippen LogP contribution is 2.16. The zero-order valence-corrected chi connectivity index (χ0v) is 15.0. The first-order valence-electron chi connectivity index (χ1n) is 8.84. The Morgan fingerprint density at radius 3 is 2.32 bits per heavy atom. The molecule has 0 aliphatic carbocycles. The fourth-order valence-corrected chi connectivity index (χ4v) is 2.57. The number of Topliss-reactive ketones (excluding diaryl/α,β-unsaturated/α-hetero) is 1. The van der Waals surface area contributed by atoms with E-state index in [1.165, 1.54) is 5.56 Å². The Bertz CT molecular complexity index is 708. The summed E-state index contributed by atoms with van der Waals surface area (Å²) in [7, 11) is 0. The van der Waals surface area contributed by atoms with Gasteiger partial charge in [-0.15, -0.1) is 0 Å². The molecule has 0 heterocycles. The molecule has 0 spiro atoms. The van der Waals surface area contributed by atoms with Crippen LogP contribution >= 0.6 is 0 Å². The smallest absolute Gasteiger partial charge is 0.224 e. The number of hydrogen-bond donors (Lipinski definition) is 2. The molecular formula is C21H26N2O2. The molecular weight excluding hydrogens is 312 g/mol. The standard InChI is InChI=1S/C21H26N2O2/c1-3-16-9-11-17(12-10-16)20(24)13-14-21(25)23-19-8-6-5-7-18(19)15-22-4-2/h5-12,22H,3-4,13-15H2,1-2H3,(H,23,25). The second-order valence-electron chi connectivity index (χ2n) is 5.96. The number of hydrogen-bond acceptors (Lipinski definition) is 3. The minimum Gasteiger partial charge on any atom is -0.326 e. The van der Waals surface area contributed by atoms with E-state index in [-0.39, 0.29) is 24.5 Å². The van der Waals surface area contributed by atoms with Crippen molar-refractivity contribution in [3.8, 4) is 0 Å². The predicted molar refractivity (Wildman–Crippen MR) is 102 cm³/mol. The van der Waals surface area contributed by atoms with E-state index in [2.05, 4.69) is 17.6 Å². The highest BCUT2D eigenvalue weighted by atomic mass is 16.2. The number of para-hydroxylation sites is 1. The maximum Gasteiger partial charge on any atom is 0.224 e. The van der Waals surface area contributed by atoms with Gasteiger partial charge >= 0.3 is 0 Å². The van der Waals surface area contributed by atoms with Crippen LogP contribution in [0, 0.1) is 0 Å². The molecule has 2 N–H and O–H groups in total. The number of aryl methyl sites for hydroxylation is 1. The molecule has 0 fully saturated rings. The number of ketones is 1. The van der Waals surface area contributed by atoms with Crippen LogP contribution in [0.5, 0.6) is 0 Å². The molecule has 0 unspecified atom stereocenters. The van der Waals surface area contributed by atoms with Crippen LogP contribution in [0.15, 0.2) is 48.5 Å². The normalized spacial score (nSPS) is 10.5. The van der Waals surface area contributed by atoms with Crippen molar-refractivity contribution in [3.63, 3.8) is 0 Å². The summed E-state index contributed by atoms with van der Waals surface area (Å²) >= 11 is 0. The van der Waals surface area contributed by atoms with E-state index >= 15 is 0 Å². The summed E-state index contributed by atoms with van der Waals surface area (Å²) in [6, 6.07) is 15.3. The van der Waals surface area contributed by atoms with E-state index in [9.17, 15) is 9.59 Å². The molecule has 132 valence electrons. The molecule has 0 atom stereocenters. The highest BCUT2D eigenvalue weighted by Gasteiger charge is 2.11. The maximum atomic E-state index is 12.2. The van der Waals surface area contributed by atoms with Crippen LogP contribution in [-0.4, -0.2) is 18.2 Å². The van der Waals surface area contributed by atoms with E-state index in [0.29, 0.717) is 12.1 Å². The number of nitrogens with one attached hydrogen (secondary N) is 2. The Balaban J connectivity index is 1.89. The first-order valence-corrected chi connectivity index (χ1v) is 8.84. The second kappa shape index (κ2) is 9.74. The third-order valence-corrected chi connectivity index (χ3v) is 4.12. The number of carbonyl (C=O) groups is 2. The monoisotopic (exact) mass is 338 g/mol. The van der Waals surface area contributed by atoms with Crippen molar-refractivity contribution in [1.82, 2.24) is 5.32 Å². The number of carbonyl (C=O) groups excluding carboxylic acids is 2. The van der Waals surface area contributed by atoms with Crippen LogP contribution in [-0.2, 0) is 17.8 Å². The fraction of sp³-hybridized carbons (Fsp3) is 0.333. The largest absolute Gasteiger partial charge is 0.326 e.